The Bertz CT molecular complexity index is 679. The third-order valence-electron chi connectivity index (χ3n) is 3.92. The number of rotatable bonds is 4. The third-order valence-corrected chi connectivity index (χ3v) is 3.92. The summed E-state index contributed by atoms with van der Waals surface area (Å²) in [6.07, 6.45) is 0.893. The zero-order chi connectivity index (χ0) is 14.8. The number of likely N-dealkylation sites (N-methyl/N-ethyl adjacent to an activating group) is 1. The van der Waals surface area contributed by atoms with Crippen LogP contribution in [0.1, 0.15) is 21.5 Å². The van der Waals surface area contributed by atoms with Crippen LogP contribution in [0.3, 0.4) is 0 Å². The van der Waals surface area contributed by atoms with Gasteiger partial charge < -0.3 is 9.64 Å². The first-order chi connectivity index (χ1) is 10.1. The lowest BCUT2D eigenvalue weighted by atomic mass is 10.0. The molecule has 0 fully saturated rings. The average Bonchev–Trinajstić information content (AvgIpc) is 2.94. The fraction of sp³-hybridized carbons (Fsp3) is 0.278. The molecule has 0 spiro atoms. The van der Waals surface area contributed by atoms with Crippen LogP contribution < -0.4 is 9.64 Å². The Kier molecular flexibility index (Phi) is 3.65. The van der Waals surface area contributed by atoms with Gasteiger partial charge >= 0.3 is 0 Å². The molecule has 108 valence electrons. The standard InChI is InChI=1S/C18H19NO2/c1-13-5-3-4-6-16(13)19(2)12-17(20)14-7-8-18-15(11-14)9-10-21-18/h3-8,11H,9-10,12H2,1-2H3. The molecule has 0 unspecified atom stereocenters. The van der Waals surface area contributed by atoms with Gasteiger partial charge in [-0.3, -0.25) is 4.79 Å². The topological polar surface area (TPSA) is 29.5 Å². The summed E-state index contributed by atoms with van der Waals surface area (Å²) in [7, 11) is 1.96. The molecule has 0 amide bonds. The molecule has 1 aliphatic rings. The fourth-order valence-electron chi connectivity index (χ4n) is 2.74. The van der Waals surface area contributed by atoms with Crippen molar-refractivity contribution in [2.75, 3.05) is 25.1 Å². The lowest BCUT2D eigenvalue weighted by Gasteiger charge is -2.20. The molecule has 0 radical (unpaired) electrons. The van der Waals surface area contributed by atoms with E-state index in [1.54, 1.807) is 0 Å². The van der Waals surface area contributed by atoms with E-state index in [2.05, 4.69) is 13.0 Å². The van der Waals surface area contributed by atoms with Gasteiger partial charge in [-0.2, -0.15) is 0 Å². The lowest BCUT2D eigenvalue weighted by molar-refractivity contribution is 0.100. The molecule has 2 aromatic rings. The summed E-state index contributed by atoms with van der Waals surface area (Å²) in [6.45, 7) is 3.16. The molecular formula is C18H19NO2. The second-order valence-electron chi connectivity index (χ2n) is 5.49. The van der Waals surface area contributed by atoms with Gasteiger partial charge in [0.2, 0.25) is 0 Å². The number of anilines is 1. The van der Waals surface area contributed by atoms with E-state index in [4.69, 9.17) is 4.74 Å². The van der Waals surface area contributed by atoms with Crippen LogP contribution in [0.2, 0.25) is 0 Å². The van der Waals surface area contributed by atoms with Crippen LogP contribution in [0.15, 0.2) is 42.5 Å². The summed E-state index contributed by atoms with van der Waals surface area (Å²) in [6, 6.07) is 13.8. The first-order valence-corrected chi connectivity index (χ1v) is 7.21. The van der Waals surface area contributed by atoms with Crippen molar-refractivity contribution in [1.29, 1.82) is 0 Å². The minimum atomic E-state index is 0.135. The van der Waals surface area contributed by atoms with E-state index >= 15 is 0 Å². The molecule has 0 aromatic heterocycles. The van der Waals surface area contributed by atoms with Crippen molar-refractivity contribution in [3.05, 3.63) is 59.2 Å². The van der Waals surface area contributed by atoms with Crippen molar-refractivity contribution in [3.63, 3.8) is 0 Å². The smallest absolute Gasteiger partial charge is 0.182 e. The number of Topliss-reactive ketones (excluding diaryl/α,β-unsaturated/α-hetero) is 1. The summed E-state index contributed by atoms with van der Waals surface area (Å²) in [5, 5.41) is 0. The maximum atomic E-state index is 12.5. The Morgan fingerprint density at radius 2 is 2.05 bits per heavy atom. The molecule has 3 nitrogen and oxygen atoms in total. The molecular weight excluding hydrogens is 262 g/mol. The maximum Gasteiger partial charge on any atom is 0.182 e. The van der Waals surface area contributed by atoms with E-state index in [-0.39, 0.29) is 5.78 Å². The number of benzene rings is 2. The van der Waals surface area contributed by atoms with E-state index < -0.39 is 0 Å². The van der Waals surface area contributed by atoms with Crippen LogP contribution in [-0.4, -0.2) is 26.0 Å². The first-order valence-electron chi connectivity index (χ1n) is 7.21. The van der Waals surface area contributed by atoms with Gasteiger partial charge in [0, 0.05) is 24.7 Å². The molecule has 0 bridgehead atoms. The second-order valence-corrected chi connectivity index (χ2v) is 5.49. The Morgan fingerprint density at radius 3 is 2.86 bits per heavy atom. The Balaban J connectivity index is 1.76. The number of aryl methyl sites for hydroxylation is 1. The molecule has 3 rings (SSSR count). The van der Waals surface area contributed by atoms with Gasteiger partial charge in [-0.15, -0.1) is 0 Å². The van der Waals surface area contributed by atoms with Gasteiger partial charge in [0.05, 0.1) is 13.2 Å². The number of para-hydroxylation sites is 1. The number of ether oxygens (including phenoxy) is 1. The van der Waals surface area contributed by atoms with Gasteiger partial charge in [-0.25, -0.2) is 0 Å². The largest absolute Gasteiger partial charge is 0.493 e. The highest BCUT2D eigenvalue weighted by Gasteiger charge is 2.16. The predicted octanol–water partition coefficient (Wildman–Crippen LogP) is 3.25. The average molecular weight is 281 g/mol. The van der Waals surface area contributed by atoms with Gasteiger partial charge in [-0.05, 0) is 42.3 Å². The molecule has 0 saturated heterocycles. The van der Waals surface area contributed by atoms with E-state index in [0.29, 0.717) is 6.54 Å². The normalized spacial score (nSPS) is 12.7. The van der Waals surface area contributed by atoms with Crippen molar-refractivity contribution in [2.45, 2.75) is 13.3 Å². The van der Waals surface area contributed by atoms with Crippen molar-refractivity contribution in [1.82, 2.24) is 0 Å². The monoisotopic (exact) mass is 281 g/mol. The number of hydrogen-bond acceptors (Lipinski definition) is 3. The van der Waals surface area contributed by atoms with Crippen molar-refractivity contribution < 1.29 is 9.53 Å². The third kappa shape index (κ3) is 2.77. The van der Waals surface area contributed by atoms with Crippen molar-refractivity contribution >= 4 is 11.5 Å². The highest BCUT2D eigenvalue weighted by Crippen LogP contribution is 2.26. The number of nitrogens with zero attached hydrogens (tertiary/aromatic N) is 1. The predicted molar refractivity (Wildman–Crippen MR) is 84.4 cm³/mol. The summed E-state index contributed by atoms with van der Waals surface area (Å²) < 4.78 is 5.48. The number of carbonyl (C=O) groups is 1. The highest BCUT2D eigenvalue weighted by molar-refractivity contribution is 5.99. The van der Waals surface area contributed by atoms with E-state index in [9.17, 15) is 4.79 Å². The first kappa shape index (κ1) is 13.7. The number of carbonyl (C=O) groups excluding carboxylic acids is 1. The minimum Gasteiger partial charge on any atom is -0.493 e. The van der Waals surface area contributed by atoms with Crippen LogP contribution in [0, 0.1) is 6.92 Å². The molecule has 2 aromatic carbocycles. The van der Waals surface area contributed by atoms with Crippen LogP contribution in [0.4, 0.5) is 5.69 Å². The van der Waals surface area contributed by atoms with Crippen LogP contribution >= 0.6 is 0 Å². The second kappa shape index (κ2) is 5.60. The minimum absolute atomic E-state index is 0.135. The molecule has 0 saturated carbocycles. The SMILES string of the molecule is Cc1ccccc1N(C)CC(=O)c1ccc2c(c1)CCO2. The molecule has 0 aliphatic carbocycles. The Hall–Kier alpha value is -2.29. The highest BCUT2D eigenvalue weighted by atomic mass is 16.5. The summed E-state index contributed by atoms with van der Waals surface area (Å²) in [5.74, 6) is 1.05. The van der Waals surface area contributed by atoms with Crippen LogP contribution in [0.5, 0.6) is 5.75 Å². The Morgan fingerprint density at radius 1 is 1.24 bits per heavy atom. The summed E-state index contributed by atoms with van der Waals surface area (Å²) >= 11 is 0. The molecule has 0 N–H and O–H groups in total. The van der Waals surface area contributed by atoms with E-state index in [0.717, 1.165) is 35.6 Å². The fourth-order valence-corrected chi connectivity index (χ4v) is 2.74. The number of hydrogen-bond donors (Lipinski definition) is 0. The van der Waals surface area contributed by atoms with Crippen LogP contribution in [0.25, 0.3) is 0 Å². The van der Waals surface area contributed by atoms with Gasteiger partial charge in [0.25, 0.3) is 0 Å². The van der Waals surface area contributed by atoms with E-state index in [1.807, 2.05) is 48.3 Å². The van der Waals surface area contributed by atoms with Gasteiger partial charge in [0.1, 0.15) is 5.75 Å². The summed E-state index contributed by atoms with van der Waals surface area (Å²) in [4.78, 5) is 14.5. The zero-order valence-corrected chi connectivity index (χ0v) is 12.4. The molecule has 1 aliphatic heterocycles. The maximum absolute atomic E-state index is 12.5. The lowest BCUT2D eigenvalue weighted by Crippen LogP contribution is -2.26. The molecule has 1 heterocycles. The molecule has 0 atom stereocenters. The van der Waals surface area contributed by atoms with Crippen LogP contribution in [-0.2, 0) is 6.42 Å². The van der Waals surface area contributed by atoms with Crippen molar-refractivity contribution in [2.24, 2.45) is 0 Å². The Labute approximate surface area is 125 Å². The molecule has 3 heteroatoms. The van der Waals surface area contributed by atoms with E-state index in [1.165, 1.54) is 5.56 Å². The number of fused-ring (bicyclic) bond motifs is 1. The quantitative estimate of drug-likeness (QED) is 0.806. The zero-order valence-electron chi connectivity index (χ0n) is 12.4. The van der Waals surface area contributed by atoms with Gasteiger partial charge in [-0.1, -0.05) is 18.2 Å². The van der Waals surface area contributed by atoms with Crippen molar-refractivity contribution in [3.8, 4) is 5.75 Å². The number of ketones is 1. The molecule has 21 heavy (non-hydrogen) atoms. The summed E-state index contributed by atoms with van der Waals surface area (Å²) in [5.41, 5.74) is 4.17. The van der Waals surface area contributed by atoms with Gasteiger partial charge in [0.15, 0.2) is 5.78 Å².